The summed E-state index contributed by atoms with van der Waals surface area (Å²) < 4.78 is 0. The monoisotopic (exact) mass is 234 g/mol. The van der Waals surface area contributed by atoms with Crippen LogP contribution in [0, 0.1) is 0 Å². The number of nitrogens with zero attached hydrogens (tertiary/aromatic N) is 2. The van der Waals surface area contributed by atoms with Gasteiger partial charge in [0.25, 0.3) is 0 Å². The summed E-state index contributed by atoms with van der Waals surface area (Å²) in [5, 5.41) is 8.66. The molecule has 0 fully saturated rings. The van der Waals surface area contributed by atoms with Crippen molar-refractivity contribution in [1.29, 1.82) is 0 Å². The Hall–Kier alpha value is -1.65. The van der Waals surface area contributed by atoms with Gasteiger partial charge in [0.15, 0.2) is 5.82 Å². The van der Waals surface area contributed by atoms with Crippen LogP contribution in [-0.2, 0) is 6.42 Å². The molecule has 0 unspecified atom stereocenters. The summed E-state index contributed by atoms with van der Waals surface area (Å²) in [5.41, 5.74) is 4.42. The second-order valence-electron chi connectivity index (χ2n) is 3.36. The van der Waals surface area contributed by atoms with Crippen LogP contribution >= 0.6 is 11.6 Å². The molecule has 0 radical (unpaired) electrons. The van der Waals surface area contributed by atoms with Crippen molar-refractivity contribution >= 4 is 17.4 Å². The Balaban J connectivity index is 2.14. The van der Waals surface area contributed by atoms with Gasteiger partial charge < -0.3 is 5.43 Å². The van der Waals surface area contributed by atoms with E-state index in [0.29, 0.717) is 12.2 Å². The third-order valence-electron chi connectivity index (χ3n) is 2.14. The van der Waals surface area contributed by atoms with Crippen molar-refractivity contribution in [2.75, 3.05) is 5.43 Å². The molecule has 3 N–H and O–H groups in total. The van der Waals surface area contributed by atoms with Crippen LogP contribution in [-0.4, -0.2) is 10.2 Å². The van der Waals surface area contributed by atoms with Crippen LogP contribution in [0.2, 0.25) is 5.02 Å². The van der Waals surface area contributed by atoms with Gasteiger partial charge in [0, 0.05) is 11.4 Å². The molecule has 0 saturated carbocycles. The predicted octanol–water partition coefficient (Wildman–Crippen LogP) is 2.01. The third-order valence-corrected chi connectivity index (χ3v) is 2.38. The summed E-state index contributed by atoms with van der Waals surface area (Å²) in [7, 11) is 0. The van der Waals surface area contributed by atoms with Crippen molar-refractivity contribution in [3.8, 4) is 0 Å². The maximum atomic E-state index is 5.90. The molecule has 0 aliphatic rings. The number of nitrogens with one attached hydrogen (secondary N) is 1. The van der Waals surface area contributed by atoms with Gasteiger partial charge in [-0.2, -0.15) is 5.10 Å². The van der Waals surface area contributed by atoms with Crippen LogP contribution in [0.15, 0.2) is 36.4 Å². The zero-order chi connectivity index (χ0) is 11.4. The van der Waals surface area contributed by atoms with Crippen molar-refractivity contribution in [3.63, 3.8) is 0 Å². The summed E-state index contributed by atoms with van der Waals surface area (Å²) in [5.74, 6) is 5.75. The van der Waals surface area contributed by atoms with Crippen molar-refractivity contribution < 1.29 is 0 Å². The lowest BCUT2D eigenvalue weighted by Gasteiger charge is -2.02. The molecule has 0 bridgehead atoms. The quantitative estimate of drug-likeness (QED) is 0.630. The van der Waals surface area contributed by atoms with Crippen LogP contribution < -0.4 is 11.3 Å². The molecule has 1 heterocycles. The molecule has 0 amide bonds. The van der Waals surface area contributed by atoms with E-state index in [2.05, 4.69) is 15.6 Å². The van der Waals surface area contributed by atoms with Crippen molar-refractivity contribution in [2.45, 2.75) is 6.42 Å². The topological polar surface area (TPSA) is 63.8 Å². The Morgan fingerprint density at radius 3 is 2.69 bits per heavy atom. The summed E-state index contributed by atoms with van der Waals surface area (Å²) >= 11 is 5.90. The number of benzene rings is 1. The summed E-state index contributed by atoms with van der Waals surface area (Å²) in [6.07, 6.45) is 0.707. The number of aromatic nitrogens is 2. The predicted molar refractivity (Wildman–Crippen MR) is 64.1 cm³/mol. The number of anilines is 1. The van der Waals surface area contributed by atoms with Gasteiger partial charge in [-0.3, -0.25) is 0 Å². The smallest absolute Gasteiger partial charge is 0.162 e. The van der Waals surface area contributed by atoms with Crippen LogP contribution in [0.1, 0.15) is 11.3 Å². The number of rotatable bonds is 3. The molecule has 4 nitrogen and oxygen atoms in total. The minimum absolute atomic E-state index is 0.551. The van der Waals surface area contributed by atoms with Gasteiger partial charge in [0.05, 0.1) is 5.69 Å². The Morgan fingerprint density at radius 1 is 1.19 bits per heavy atom. The van der Waals surface area contributed by atoms with E-state index in [1.807, 2.05) is 30.3 Å². The molecule has 1 aromatic carbocycles. The Morgan fingerprint density at radius 2 is 2.06 bits per heavy atom. The van der Waals surface area contributed by atoms with Gasteiger partial charge in [-0.05, 0) is 29.8 Å². The van der Waals surface area contributed by atoms with Gasteiger partial charge in [0.2, 0.25) is 0 Å². The molecule has 0 spiro atoms. The van der Waals surface area contributed by atoms with E-state index < -0.39 is 0 Å². The molecular formula is C11H11ClN4. The molecule has 0 aliphatic heterocycles. The Bertz CT molecular complexity index is 470. The first kappa shape index (κ1) is 10.9. The lowest BCUT2D eigenvalue weighted by atomic mass is 10.1. The largest absolute Gasteiger partial charge is 0.307 e. The standard InChI is InChI=1S/C11H11ClN4/c12-9-3-1-2-8(6-9)7-10-4-5-11(14-13)16-15-10/h1-6H,7,13H2,(H,14,16). The molecule has 0 aliphatic carbocycles. The number of hydrogen-bond donors (Lipinski definition) is 2. The van der Waals surface area contributed by atoms with E-state index in [9.17, 15) is 0 Å². The summed E-state index contributed by atoms with van der Waals surface area (Å²) in [6, 6.07) is 11.3. The number of nitrogens with two attached hydrogens (primary N) is 1. The van der Waals surface area contributed by atoms with Gasteiger partial charge >= 0.3 is 0 Å². The average molecular weight is 235 g/mol. The number of hydrazine groups is 1. The van der Waals surface area contributed by atoms with E-state index in [0.717, 1.165) is 16.3 Å². The lowest BCUT2D eigenvalue weighted by molar-refractivity contribution is 0.935. The van der Waals surface area contributed by atoms with Gasteiger partial charge in [-0.25, -0.2) is 5.84 Å². The first-order valence-corrected chi connectivity index (χ1v) is 5.19. The first-order valence-electron chi connectivity index (χ1n) is 4.81. The molecule has 16 heavy (non-hydrogen) atoms. The fourth-order valence-corrected chi connectivity index (χ4v) is 1.60. The normalized spacial score (nSPS) is 10.1. The van der Waals surface area contributed by atoms with Crippen molar-refractivity contribution in [2.24, 2.45) is 5.84 Å². The average Bonchev–Trinajstić information content (AvgIpc) is 2.30. The maximum absolute atomic E-state index is 5.90. The molecule has 1 aromatic heterocycles. The van der Waals surface area contributed by atoms with Crippen molar-refractivity contribution in [3.05, 3.63) is 52.7 Å². The lowest BCUT2D eigenvalue weighted by Crippen LogP contribution is -2.09. The van der Waals surface area contributed by atoms with Crippen LogP contribution in [0.5, 0.6) is 0 Å². The van der Waals surface area contributed by atoms with Crippen LogP contribution in [0.25, 0.3) is 0 Å². The molecule has 5 heteroatoms. The Kier molecular flexibility index (Phi) is 3.34. The Labute approximate surface area is 98.4 Å². The van der Waals surface area contributed by atoms with E-state index in [1.165, 1.54) is 0 Å². The minimum atomic E-state index is 0.551. The fraction of sp³-hybridized carbons (Fsp3) is 0.0909. The fourth-order valence-electron chi connectivity index (χ4n) is 1.39. The zero-order valence-electron chi connectivity index (χ0n) is 8.52. The van der Waals surface area contributed by atoms with Gasteiger partial charge in [-0.1, -0.05) is 23.7 Å². The number of hydrogen-bond acceptors (Lipinski definition) is 4. The highest BCUT2D eigenvalue weighted by atomic mass is 35.5. The first-order chi connectivity index (χ1) is 7.78. The summed E-state index contributed by atoms with van der Waals surface area (Å²) in [6.45, 7) is 0. The zero-order valence-corrected chi connectivity index (χ0v) is 9.28. The van der Waals surface area contributed by atoms with Crippen molar-refractivity contribution in [1.82, 2.24) is 10.2 Å². The summed E-state index contributed by atoms with van der Waals surface area (Å²) in [4.78, 5) is 0. The molecule has 2 rings (SSSR count). The SMILES string of the molecule is NNc1ccc(Cc2cccc(Cl)c2)nn1. The molecule has 82 valence electrons. The second kappa shape index (κ2) is 4.92. The van der Waals surface area contributed by atoms with E-state index in [4.69, 9.17) is 17.4 Å². The van der Waals surface area contributed by atoms with E-state index in [-0.39, 0.29) is 0 Å². The van der Waals surface area contributed by atoms with E-state index >= 15 is 0 Å². The minimum Gasteiger partial charge on any atom is -0.307 e. The highest BCUT2D eigenvalue weighted by Crippen LogP contribution is 2.13. The molecular weight excluding hydrogens is 224 g/mol. The van der Waals surface area contributed by atoms with Crippen LogP contribution in [0.3, 0.4) is 0 Å². The highest BCUT2D eigenvalue weighted by molar-refractivity contribution is 6.30. The molecule has 2 aromatic rings. The second-order valence-corrected chi connectivity index (χ2v) is 3.80. The van der Waals surface area contributed by atoms with Crippen LogP contribution in [0.4, 0.5) is 5.82 Å². The molecule has 0 saturated heterocycles. The van der Waals surface area contributed by atoms with Gasteiger partial charge in [0.1, 0.15) is 0 Å². The molecule has 0 atom stereocenters. The van der Waals surface area contributed by atoms with E-state index in [1.54, 1.807) is 6.07 Å². The highest BCUT2D eigenvalue weighted by Gasteiger charge is 1.99. The number of halogens is 1. The third kappa shape index (κ3) is 2.68. The van der Waals surface area contributed by atoms with Gasteiger partial charge in [-0.15, -0.1) is 5.10 Å². The number of nitrogen functional groups attached to an aromatic ring is 1. The maximum Gasteiger partial charge on any atom is 0.162 e.